The summed E-state index contributed by atoms with van der Waals surface area (Å²) in [5.74, 6) is -0.276. The molecule has 1 aromatic carbocycles. The molecule has 1 amide bonds. The molecular formula is C14H22FNO. The lowest BCUT2D eigenvalue weighted by molar-refractivity contribution is -0.124. The van der Waals surface area contributed by atoms with Crippen molar-refractivity contribution in [2.75, 3.05) is 6.54 Å². The molecule has 3 heteroatoms. The Kier molecular flexibility index (Phi) is 8.03. The maximum absolute atomic E-state index is 12.6. The van der Waals surface area contributed by atoms with Crippen LogP contribution < -0.4 is 5.32 Å². The molecule has 0 fully saturated rings. The molecule has 0 radical (unpaired) electrons. The van der Waals surface area contributed by atoms with E-state index < -0.39 is 0 Å². The minimum atomic E-state index is -0.246. The van der Waals surface area contributed by atoms with Crippen LogP contribution in [-0.4, -0.2) is 12.5 Å². The predicted octanol–water partition coefficient (Wildman–Crippen LogP) is 3.17. The number of carbonyl (C=O) groups is 1. The number of hydrogen-bond acceptors (Lipinski definition) is 1. The van der Waals surface area contributed by atoms with Crippen LogP contribution in [0.15, 0.2) is 24.3 Å². The van der Waals surface area contributed by atoms with E-state index >= 15 is 0 Å². The highest BCUT2D eigenvalue weighted by molar-refractivity contribution is 5.78. The van der Waals surface area contributed by atoms with Crippen LogP contribution in [0.25, 0.3) is 0 Å². The normalized spacial score (nSPS) is 11.1. The second kappa shape index (κ2) is 8.74. The zero-order valence-electron chi connectivity index (χ0n) is 11.1. The average molecular weight is 239 g/mol. The summed E-state index contributed by atoms with van der Waals surface area (Å²) in [6.45, 7) is 8.41. The Morgan fingerprint density at radius 1 is 1.29 bits per heavy atom. The van der Waals surface area contributed by atoms with Crippen molar-refractivity contribution in [3.8, 4) is 0 Å². The molecule has 0 heterocycles. The minimum absolute atomic E-state index is 0.0434. The largest absolute Gasteiger partial charge is 0.356 e. The molecule has 17 heavy (non-hydrogen) atoms. The first-order valence-corrected chi connectivity index (χ1v) is 6.15. The highest BCUT2D eigenvalue weighted by atomic mass is 19.1. The van der Waals surface area contributed by atoms with Crippen LogP contribution in [0.1, 0.15) is 33.3 Å². The fourth-order valence-corrected chi connectivity index (χ4v) is 1.42. The second-order valence-electron chi connectivity index (χ2n) is 3.63. The topological polar surface area (TPSA) is 29.1 Å². The summed E-state index contributed by atoms with van der Waals surface area (Å²) in [5.41, 5.74) is 0.982. The molecule has 0 saturated carbocycles. The maximum Gasteiger partial charge on any atom is 0.223 e. The highest BCUT2D eigenvalue weighted by Gasteiger charge is 2.11. The van der Waals surface area contributed by atoms with Gasteiger partial charge in [-0.15, -0.1) is 0 Å². The zero-order valence-corrected chi connectivity index (χ0v) is 11.1. The number of nitrogens with one attached hydrogen (secondary N) is 1. The third kappa shape index (κ3) is 6.05. The van der Waals surface area contributed by atoms with Crippen molar-refractivity contribution < 1.29 is 9.18 Å². The van der Waals surface area contributed by atoms with E-state index in [2.05, 4.69) is 5.32 Å². The van der Waals surface area contributed by atoms with Crippen molar-refractivity contribution in [1.82, 2.24) is 5.32 Å². The third-order valence-electron chi connectivity index (χ3n) is 2.25. The van der Waals surface area contributed by atoms with Crippen LogP contribution in [0.3, 0.4) is 0 Å². The van der Waals surface area contributed by atoms with E-state index in [-0.39, 0.29) is 17.6 Å². The predicted molar refractivity (Wildman–Crippen MR) is 69.3 cm³/mol. The van der Waals surface area contributed by atoms with E-state index in [1.165, 1.54) is 12.1 Å². The van der Waals surface area contributed by atoms with Gasteiger partial charge in [-0.2, -0.15) is 0 Å². The first kappa shape index (κ1) is 15.6. The zero-order chi connectivity index (χ0) is 13.3. The van der Waals surface area contributed by atoms with Crippen LogP contribution in [0.2, 0.25) is 0 Å². The van der Waals surface area contributed by atoms with Gasteiger partial charge in [0.2, 0.25) is 5.91 Å². The maximum atomic E-state index is 12.6. The molecule has 0 saturated heterocycles. The van der Waals surface area contributed by atoms with Gasteiger partial charge >= 0.3 is 0 Å². The summed E-state index contributed by atoms with van der Waals surface area (Å²) in [7, 11) is 0. The third-order valence-corrected chi connectivity index (χ3v) is 2.25. The molecule has 1 aromatic rings. The van der Waals surface area contributed by atoms with Gasteiger partial charge in [-0.3, -0.25) is 4.79 Å². The summed E-state index contributed by atoms with van der Waals surface area (Å²) >= 11 is 0. The van der Waals surface area contributed by atoms with E-state index in [1.807, 2.05) is 27.7 Å². The lowest BCUT2D eigenvalue weighted by atomic mass is 10.0. The van der Waals surface area contributed by atoms with Gasteiger partial charge < -0.3 is 5.32 Å². The van der Waals surface area contributed by atoms with Crippen LogP contribution >= 0.6 is 0 Å². The lowest BCUT2D eigenvalue weighted by Crippen LogP contribution is -2.29. The monoisotopic (exact) mass is 239 g/mol. The molecule has 0 unspecified atom stereocenters. The van der Waals surface area contributed by atoms with E-state index in [4.69, 9.17) is 0 Å². The van der Waals surface area contributed by atoms with Gasteiger partial charge in [-0.1, -0.05) is 32.9 Å². The Balaban J connectivity index is 0.00000121. The summed E-state index contributed by atoms with van der Waals surface area (Å²) in [6, 6.07) is 6.26. The fraction of sp³-hybridized carbons (Fsp3) is 0.500. The first-order valence-electron chi connectivity index (χ1n) is 6.15. The van der Waals surface area contributed by atoms with Crippen molar-refractivity contribution in [3.05, 3.63) is 35.6 Å². The number of hydrogen-bond donors (Lipinski definition) is 1. The van der Waals surface area contributed by atoms with E-state index in [0.29, 0.717) is 13.0 Å². The van der Waals surface area contributed by atoms with Gasteiger partial charge in [-0.25, -0.2) is 4.39 Å². The summed E-state index contributed by atoms with van der Waals surface area (Å²) < 4.78 is 12.6. The van der Waals surface area contributed by atoms with Gasteiger partial charge in [0.1, 0.15) is 5.82 Å². The Bertz CT molecular complexity index is 321. The Morgan fingerprint density at radius 2 is 1.82 bits per heavy atom. The van der Waals surface area contributed by atoms with Gasteiger partial charge in [0, 0.05) is 12.5 Å². The van der Waals surface area contributed by atoms with Crippen LogP contribution in [0, 0.1) is 11.7 Å². The molecule has 96 valence electrons. The van der Waals surface area contributed by atoms with Crippen LogP contribution in [0.4, 0.5) is 4.39 Å². The van der Waals surface area contributed by atoms with Gasteiger partial charge in [0.15, 0.2) is 0 Å². The molecular weight excluding hydrogens is 217 g/mol. The van der Waals surface area contributed by atoms with Crippen LogP contribution in [-0.2, 0) is 11.2 Å². The van der Waals surface area contributed by atoms with Gasteiger partial charge in [-0.05, 0) is 31.0 Å². The van der Waals surface area contributed by atoms with Crippen molar-refractivity contribution in [2.24, 2.45) is 5.92 Å². The summed E-state index contributed by atoms with van der Waals surface area (Å²) in [6.07, 6.45) is 0.645. The number of rotatable bonds is 4. The summed E-state index contributed by atoms with van der Waals surface area (Å²) in [4.78, 5) is 11.4. The van der Waals surface area contributed by atoms with Gasteiger partial charge in [0.25, 0.3) is 0 Å². The van der Waals surface area contributed by atoms with Crippen LogP contribution in [0.5, 0.6) is 0 Å². The van der Waals surface area contributed by atoms with Crippen molar-refractivity contribution in [1.29, 1.82) is 0 Å². The molecule has 0 aliphatic heterocycles. The minimum Gasteiger partial charge on any atom is -0.356 e. The van der Waals surface area contributed by atoms with Crippen molar-refractivity contribution in [2.45, 2.75) is 34.1 Å². The van der Waals surface area contributed by atoms with E-state index in [9.17, 15) is 9.18 Å². The summed E-state index contributed by atoms with van der Waals surface area (Å²) in [5, 5.41) is 2.76. The molecule has 1 atom stereocenters. The molecule has 0 aliphatic carbocycles. The number of amides is 1. The van der Waals surface area contributed by atoms with Crippen molar-refractivity contribution in [3.63, 3.8) is 0 Å². The molecule has 1 rings (SSSR count). The smallest absolute Gasteiger partial charge is 0.223 e. The standard InChI is InChI=1S/C12H16FNO.C2H6/c1-3-14-12(15)9(2)8-10-4-6-11(13)7-5-10;1-2/h4-7,9H,3,8H2,1-2H3,(H,14,15);1-2H3/t9-;/m1./s1. The SMILES string of the molecule is CC.CCNC(=O)[C@H](C)Cc1ccc(F)cc1. The van der Waals surface area contributed by atoms with Crippen molar-refractivity contribution >= 4 is 5.91 Å². The molecule has 2 nitrogen and oxygen atoms in total. The van der Waals surface area contributed by atoms with E-state index in [1.54, 1.807) is 12.1 Å². The number of halogens is 1. The Labute approximate surface area is 103 Å². The average Bonchev–Trinajstić information content (AvgIpc) is 2.35. The highest BCUT2D eigenvalue weighted by Crippen LogP contribution is 2.09. The Morgan fingerprint density at radius 3 is 2.29 bits per heavy atom. The number of benzene rings is 1. The van der Waals surface area contributed by atoms with E-state index in [0.717, 1.165) is 5.56 Å². The quantitative estimate of drug-likeness (QED) is 0.859. The molecule has 0 aliphatic rings. The molecule has 0 spiro atoms. The number of carbonyl (C=O) groups excluding carboxylic acids is 1. The lowest BCUT2D eigenvalue weighted by Gasteiger charge is -2.10. The Hall–Kier alpha value is -1.38. The van der Waals surface area contributed by atoms with Gasteiger partial charge in [0.05, 0.1) is 0 Å². The first-order chi connectivity index (χ1) is 8.13. The fourth-order valence-electron chi connectivity index (χ4n) is 1.42. The molecule has 0 bridgehead atoms. The molecule has 1 N–H and O–H groups in total. The molecule has 0 aromatic heterocycles. The second-order valence-corrected chi connectivity index (χ2v) is 3.63.